The number of nitrogens with one attached hydrogen (secondary N) is 1. The van der Waals surface area contributed by atoms with Crippen LogP contribution in [-0.2, 0) is 4.74 Å². The molecule has 3 unspecified atom stereocenters. The van der Waals surface area contributed by atoms with Crippen molar-refractivity contribution in [2.24, 2.45) is 17.6 Å². The van der Waals surface area contributed by atoms with Gasteiger partial charge in [-0.25, -0.2) is 0 Å². The Bertz CT molecular complexity index is 173. The van der Waals surface area contributed by atoms with E-state index in [1.54, 1.807) is 0 Å². The lowest BCUT2D eigenvalue weighted by molar-refractivity contribution is 0.105. The number of ether oxygens (including phenoxy) is 1. The summed E-state index contributed by atoms with van der Waals surface area (Å²) >= 11 is 0. The van der Waals surface area contributed by atoms with Crippen LogP contribution in [0.3, 0.4) is 0 Å². The van der Waals surface area contributed by atoms with E-state index in [1.807, 2.05) is 0 Å². The maximum Gasteiger partial charge on any atom is 0.0588 e. The molecule has 0 bridgehead atoms. The highest BCUT2D eigenvalue weighted by Crippen LogP contribution is 2.19. The first-order valence-electron chi connectivity index (χ1n) is 6.17. The molecular weight excluding hydrogens is 188 g/mol. The molecule has 0 amide bonds. The number of hydrogen-bond donors (Lipinski definition) is 2. The van der Waals surface area contributed by atoms with Crippen LogP contribution in [0, 0.1) is 11.8 Å². The summed E-state index contributed by atoms with van der Waals surface area (Å²) in [6, 6.07) is 0.294. The third kappa shape index (κ3) is 4.96. The van der Waals surface area contributed by atoms with Gasteiger partial charge in [0.05, 0.1) is 6.10 Å². The summed E-state index contributed by atoms with van der Waals surface area (Å²) in [5.74, 6) is 1.37. The van der Waals surface area contributed by atoms with E-state index in [9.17, 15) is 0 Å². The molecule has 3 atom stereocenters. The zero-order chi connectivity index (χ0) is 11.3. The summed E-state index contributed by atoms with van der Waals surface area (Å²) in [7, 11) is 0. The molecule has 1 fully saturated rings. The van der Waals surface area contributed by atoms with Gasteiger partial charge in [0.25, 0.3) is 0 Å². The van der Waals surface area contributed by atoms with Crippen molar-refractivity contribution in [2.45, 2.75) is 45.8 Å². The van der Waals surface area contributed by atoms with Gasteiger partial charge in [-0.3, -0.25) is 0 Å². The third-order valence-corrected chi connectivity index (χ3v) is 3.12. The van der Waals surface area contributed by atoms with Crippen LogP contribution < -0.4 is 11.1 Å². The Morgan fingerprint density at radius 3 is 2.73 bits per heavy atom. The molecule has 0 spiro atoms. The molecule has 3 N–H and O–H groups in total. The van der Waals surface area contributed by atoms with Gasteiger partial charge in [-0.05, 0) is 31.6 Å². The molecule has 1 rings (SSSR count). The molecule has 1 aliphatic rings. The molecule has 0 radical (unpaired) electrons. The highest BCUT2D eigenvalue weighted by atomic mass is 16.5. The maximum atomic E-state index is 6.00. The van der Waals surface area contributed by atoms with Crippen molar-refractivity contribution in [1.29, 1.82) is 0 Å². The Balaban J connectivity index is 2.05. The monoisotopic (exact) mass is 214 g/mol. The molecule has 3 nitrogen and oxygen atoms in total. The smallest absolute Gasteiger partial charge is 0.0588 e. The standard InChI is InChI=1S/C12H26N2O/c1-9(2)6-12(13)8-14-7-11-4-5-15-10(11)3/h9-12,14H,4-8,13H2,1-3H3. The van der Waals surface area contributed by atoms with Crippen LogP contribution in [0.15, 0.2) is 0 Å². The van der Waals surface area contributed by atoms with E-state index in [1.165, 1.54) is 6.42 Å². The van der Waals surface area contributed by atoms with Gasteiger partial charge in [0.1, 0.15) is 0 Å². The SMILES string of the molecule is CC(C)CC(N)CNCC1CCOC1C. The van der Waals surface area contributed by atoms with Crippen molar-refractivity contribution in [3.8, 4) is 0 Å². The average Bonchev–Trinajstić information content (AvgIpc) is 2.50. The summed E-state index contributed by atoms with van der Waals surface area (Å²) < 4.78 is 5.52. The van der Waals surface area contributed by atoms with E-state index in [2.05, 4.69) is 26.1 Å². The number of rotatable bonds is 6. The highest BCUT2D eigenvalue weighted by molar-refractivity contribution is 4.76. The summed E-state index contributed by atoms with van der Waals surface area (Å²) in [6.07, 6.45) is 2.70. The molecule has 1 saturated heterocycles. The number of nitrogens with two attached hydrogens (primary N) is 1. The van der Waals surface area contributed by atoms with Crippen molar-refractivity contribution in [3.63, 3.8) is 0 Å². The van der Waals surface area contributed by atoms with E-state index < -0.39 is 0 Å². The lowest BCUT2D eigenvalue weighted by Crippen LogP contribution is -2.38. The normalized spacial score (nSPS) is 28.6. The van der Waals surface area contributed by atoms with Crippen LogP contribution in [-0.4, -0.2) is 31.8 Å². The van der Waals surface area contributed by atoms with Crippen molar-refractivity contribution in [1.82, 2.24) is 5.32 Å². The zero-order valence-electron chi connectivity index (χ0n) is 10.3. The van der Waals surface area contributed by atoms with Gasteiger partial charge >= 0.3 is 0 Å². The van der Waals surface area contributed by atoms with Gasteiger partial charge in [-0.15, -0.1) is 0 Å². The fourth-order valence-electron chi connectivity index (χ4n) is 2.19. The van der Waals surface area contributed by atoms with E-state index in [0.717, 1.165) is 26.1 Å². The predicted molar refractivity (Wildman–Crippen MR) is 63.8 cm³/mol. The van der Waals surface area contributed by atoms with E-state index in [-0.39, 0.29) is 0 Å². The fourth-order valence-corrected chi connectivity index (χ4v) is 2.19. The molecule has 0 aliphatic carbocycles. The Morgan fingerprint density at radius 2 is 2.20 bits per heavy atom. The third-order valence-electron chi connectivity index (χ3n) is 3.12. The Hall–Kier alpha value is -0.120. The fraction of sp³-hybridized carbons (Fsp3) is 1.00. The van der Waals surface area contributed by atoms with Gasteiger partial charge < -0.3 is 15.8 Å². The lowest BCUT2D eigenvalue weighted by Gasteiger charge is -2.18. The van der Waals surface area contributed by atoms with Gasteiger partial charge in [0.2, 0.25) is 0 Å². The second-order valence-electron chi connectivity index (χ2n) is 5.17. The second-order valence-corrected chi connectivity index (χ2v) is 5.17. The van der Waals surface area contributed by atoms with Crippen LogP contribution >= 0.6 is 0 Å². The molecule has 0 aromatic carbocycles. The first kappa shape index (κ1) is 12.9. The quantitative estimate of drug-likeness (QED) is 0.702. The van der Waals surface area contributed by atoms with Crippen molar-refractivity contribution >= 4 is 0 Å². The minimum Gasteiger partial charge on any atom is -0.378 e. The summed E-state index contributed by atoms with van der Waals surface area (Å²) in [5.41, 5.74) is 6.00. The Kier molecular flexibility index (Phi) is 5.58. The molecular formula is C12H26N2O. The number of hydrogen-bond acceptors (Lipinski definition) is 3. The minimum absolute atomic E-state index is 0.294. The molecule has 0 aromatic heterocycles. The van der Waals surface area contributed by atoms with E-state index in [4.69, 9.17) is 10.5 Å². The van der Waals surface area contributed by atoms with E-state index >= 15 is 0 Å². The predicted octanol–water partition coefficient (Wildman–Crippen LogP) is 1.37. The van der Waals surface area contributed by atoms with Crippen LogP contribution in [0.2, 0.25) is 0 Å². The maximum absolute atomic E-state index is 6.00. The largest absolute Gasteiger partial charge is 0.378 e. The summed E-state index contributed by atoms with van der Waals surface area (Å²) in [6.45, 7) is 9.49. The molecule has 1 aliphatic heterocycles. The topological polar surface area (TPSA) is 47.3 Å². The van der Waals surface area contributed by atoms with Crippen LogP contribution in [0.5, 0.6) is 0 Å². The van der Waals surface area contributed by atoms with Gasteiger partial charge in [0.15, 0.2) is 0 Å². The lowest BCUT2D eigenvalue weighted by atomic mass is 10.0. The van der Waals surface area contributed by atoms with Gasteiger partial charge in [0, 0.05) is 25.7 Å². The molecule has 0 saturated carbocycles. The molecule has 3 heteroatoms. The second kappa shape index (κ2) is 6.46. The average molecular weight is 214 g/mol. The Morgan fingerprint density at radius 1 is 1.47 bits per heavy atom. The first-order valence-corrected chi connectivity index (χ1v) is 6.17. The van der Waals surface area contributed by atoms with E-state index in [0.29, 0.717) is 24.0 Å². The molecule has 0 aromatic rings. The van der Waals surface area contributed by atoms with Gasteiger partial charge in [-0.2, -0.15) is 0 Å². The van der Waals surface area contributed by atoms with Crippen molar-refractivity contribution in [2.75, 3.05) is 19.7 Å². The molecule has 90 valence electrons. The van der Waals surface area contributed by atoms with Gasteiger partial charge in [-0.1, -0.05) is 13.8 Å². The zero-order valence-corrected chi connectivity index (χ0v) is 10.3. The summed E-state index contributed by atoms with van der Waals surface area (Å²) in [5, 5.41) is 3.46. The first-order chi connectivity index (χ1) is 7.09. The Labute approximate surface area is 93.8 Å². The molecule has 15 heavy (non-hydrogen) atoms. The van der Waals surface area contributed by atoms with Crippen molar-refractivity contribution in [3.05, 3.63) is 0 Å². The molecule has 1 heterocycles. The highest BCUT2D eigenvalue weighted by Gasteiger charge is 2.23. The summed E-state index contributed by atoms with van der Waals surface area (Å²) in [4.78, 5) is 0. The minimum atomic E-state index is 0.294. The van der Waals surface area contributed by atoms with Crippen LogP contribution in [0.4, 0.5) is 0 Å². The van der Waals surface area contributed by atoms with Crippen LogP contribution in [0.1, 0.15) is 33.6 Å². The van der Waals surface area contributed by atoms with Crippen LogP contribution in [0.25, 0.3) is 0 Å². The van der Waals surface area contributed by atoms with Crippen molar-refractivity contribution < 1.29 is 4.74 Å².